The molecule has 30 heavy (non-hydrogen) atoms. The summed E-state index contributed by atoms with van der Waals surface area (Å²) in [6, 6.07) is 15.5. The van der Waals surface area contributed by atoms with E-state index in [4.69, 9.17) is 23.2 Å². The third-order valence-electron chi connectivity index (χ3n) is 5.01. The number of aryl methyl sites for hydroxylation is 1. The van der Waals surface area contributed by atoms with Gasteiger partial charge in [-0.3, -0.25) is 9.59 Å². The Morgan fingerprint density at radius 2 is 1.80 bits per heavy atom. The second kappa shape index (κ2) is 8.09. The zero-order valence-electron chi connectivity index (χ0n) is 16.0. The van der Waals surface area contributed by atoms with Gasteiger partial charge in [-0.25, -0.2) is 4.39 Å². The number of hydrogen-bond donors (Lipinski definition) is 1. The van der Waals surface area contributed by atoms with Crippen molar-refractivity contribution >= 4 is 40.7 Å². The third kappa shape index (κ3) is 3.91. The molecule has 3 aromatic rings. The molecule has 1 heterocycles. The van der Waals surface area contributed by atoms with Gasteiger partial charge in [0.2, 0.25) is 5.91 Å². The fourth-order valence-electron chi connectivity index (χ4n) is 3.64. The number of amides is 2. The first-order valence-electron chi connectivity index (χ1n) is 9.25. The molecule has 1 N–H and O–H groups in total. The van der Waals surface area contributed by atoms with E-state index in [0.29, 0.717) is 16.3 Å². The Kier molecular flexibility index (Phi) is 5.50. The Morgan fingerprint density at radius 1 is 1.07 bits per heavy atom. The minimum absolute atomic E-state index is 0.187. The highest BCUT2D eigenvalue weighted by Gasteiger charge is 2.34. The van der Waals surface area contributed by atoms with Crippen molar-refractivity contribution in [2.24, 2.45) is 0 Å². The van der Waals surface area contributed by atoms with Gasteiger partial charge in [-0.15, -0.1) is 0 Å². The van der Waals surface area contributed by atoms with E-state index in [1.54, 1.807) is 18.2 Å². The minimum atomic E-state index is -0.612. The van der Waals surface area contributed by atoms with Crippen molar-refractivity contribution in [3.8, 4) is 0 Å². The summed E-state index contributed by atoms with van der Waals surface area (Å²) in [5.74, 6) is -1.14. The molecule has 1 aliphatic rings. The zero-order chi connectivity index (χ0) is 21.4. The number of fused-ring (bicyclic) bond motifs is 1. The Balaban J connectivity index is 1.90. The molecule has 0 fully saturated rings. The van der Waals surface area contributed by atoms with Gasteiger partial charge in [0.15, 0.2) is 0 Å². The molecular formula is C23H17Cl2FN2O2. The van der Waals surface area contributed by atoms with Crippen molar-refractivity contribution in [3.63, 3.8) is 0 Å². The van der Waals surface area contributed by atoms with Crippen molar-refractivity contribution < 1.29 is 14.0 Å². The maximum absolute atomic E-state index is 13.6. The summed E-state index contributed by atoms with van der Waals surface area (Å²) in [4.78, 5) is 27.6. The molecule has 0 saturated carbocycles. The molecule has 1 aliphatic heterocycles. The molecule has 1 unspecified atom stereocenters. The van der Waals surface area contributed by atoms with Crippen LogP contribution in [-0.4, -0.2) is 23.3 Å². The lowest BCUT2D eigenvalue weighted by molar-refractivity contribution is -0.117. The van der Waals surface area contributed by atoms with Crippen LogP contribution in [0.5, 0.6) is 0 Å². The van der Waals surface area contributed by atoms with E-state index < -0.39 is 11.9 Å². The van der Waals surface area contributed by atoms with E-state index in [-0.39, 0.29) is 28.9 Å². The normalized spacial score (nSPS) is 15.9. The standard InChI is InChI=1S/C23H17Cl2FN2O2/c1-13-2-9-20-18(10-13)22(14-3-6-16(26)7-4-14)28(12-21(29)27-20)23(30)17-8-5-15(24)11-19(17)25/h2-11,22H,12H2,1H3,(H,27,29). The molecule has 0 bridgehead atoms. The lowest BCUT2D eigenvalue weighted by atomic mass is 9.94. The molecule has 7 heteroatoms. The van der Waals surface area contributed by atoms with Gasteiger partial charge in [0, 0.05) is 16.3 Å². The van der Waals surface area contributed by atoms with Crippen LogP contribution in [0.3, 0.4) is 0 Å². The maximum Gasteiger partial charge on any atom is 0.256 e. The SMILES string of the molecule is Cc1ccc2c(c1)C(c1ccc(F)cc1)N(C(=O)c1ccc(Cl)cc1Cl)CC(=O)N2. The monoisotopic (exact) mass is 442 g/mol. The van der Waals surface area contributed by atoms with Crippen LogP contribution in [0.1, 0.15) is 33.1 Å². The second-order valence-corrected chi connectivity index (χ2v) is 7.99. The largest absolute Gasteiger partial charge is 0.324 e. The second-order valence-electron chi connectivity index (χ2n) is 7.15. The Hall–Kier alpha value is -2.89. The molecule has 0 radical (unpaired) electrons. The van der Waals surface area contributed by atoms with E-state index >= 15 is 0 Å². The van der Waals surface area contributed by atoms with Crippen molar-refractivity contribution in [1.82, 2.24) is 4.90 Å². The molecule has 0 aliphatic carbocycles. The van der Waals surface area contributed by atoms with Crippen LogP contribution in [0, 0.1) is 12.7 Å². The molecule has 4 nitrogen and oxygen atoms in total. The van der Waals surface area contributed by atoms with Crippen LogP contribution in [0.25, 0.3) is 0 Å². The predicted octanol–water partition coefficient (Wildman–Crippen LogP) is 5.62. The van der Waals surface area contributed by atoms with Crippen LogP contribution in [0.15, 0.2) is 60.7 Å². The van der Waals surface area contributed by atoms with E-state index in [2.05, 4.69) is 5.32 Å². The van der Waals surface area contributed by atoms with Crippen molar-refractivity contribution in [1.29, 1.82) is 0 Å². The number of hydrogen-bond acceptors (Lipinski definition) is 2. The van der Waals surface area contributed by atoms with Gasteiger partial charge in [-0.1, -0.05) is 53.0 Å². The molecule has 0 spiro atoms. The Bertz CT molecular complexity index is 1150. The number of rotatable bonds is 2. The quantitative estimate of drug-likeness (QED) is 0.559. The highest BCUT2D eigenvalue weighted by Crippen LogP contribution is 2.38. The topological polar surface area (TPSA) is 49.4 Å². The van der Waals surface area contributed by atoms with E-state index in [9.17, 15) is 14.0 Å². The molecular weight excluding hydrogens is 426 g/mol. The zero-order valence-corrected chi connectivity index (χ0v) is 17.5. The average molecular weight is 443 g/mol. The third-order valence-corrected chi connectivity index (χ3v) is 5.56. The maximum atomic E-state index is 13.6. The van der Waals surface area contributed by atoms with E-state index in [1.165, 1.54) is 29.2 Å². The lowest BCUT2D eigenvalue weighted by Gasteiger charge is -2.31. The van der Waals surface area contributed by atoms with E-state index in [1.807, 2.05) is 25.1 Å². The summed E-state index contributed by atoms with van der Waals surface area (Å²) in [7, 11) is 0. The predicted molar refractivity (Wildman–Crippen MR) is 116 cm³/mol. The van der Waals surface area contributed by atoms with Crippen molar-refractivity contribution in [3.05, 3.63) is 98.8 Å². The van der Waals surface area contributed by atoms with Gasteiger partial charge in [0.05, 0.1) is 16.6 Å². The number of anilines is 1. The van der Waals surface area contributed by atoms with Crippen LogP contribution < -0.4 is 5.32 Å². The average Bonchev–Trinajstić information content (AvgIpc) is 2.84. The molecule has 4 rings (SSSR count). The molecule has 0 aromatic heterocycles. The van der Waals surface area contributed by atoms with Gasteiger partial charge in [0.25, 0.3) is 5.91 Å². The van der Waals surface area contributed by atoms with Crippen LogP contribution in [-0.2, 0) is 4.79 Å². The first-order valence-corrected chi connectivity index (χ1v) is 10.0. The summed E-state index contributed by atoms with van der Waals surface area (Å²) in [5.41, 5.74) is 3.23. The van der Waals surface area contributed by atoms with Gasteiger partial charge >= 0.3 is 0 Å². The van der Waals surface area contributed by atoms with Gasteiger partial charge < -0.3 is 10.2 Å². The summed E-state index contributed by atoms with van der Waals surface area (Å²) in [6.45, 7) is 1.74. The summed E-state index contributed by atoms with van der Waals surface area (Å²) in [6.07, 6.45) is 0. The van der Waals surface area contributed by atoms with Gasteiger partial charge in [0.1, 0.15) is 12.4 Å². The number of halogens is 3. The molecule has 1 atom stereocenters. The number of carbonyl (C=O) groups excluding carboxylic acids is 2. The molecule has 2 amide bonds. The fraction of sp³-hybridized carbons (Fsp3) is 0.130. The Labute approximate surface area is 183 Å². The van der Waals surface area contributed by atoms with Crippen molar-refractivity contribution in [2.45, 2.75) is 13.0 Å². The summed E-state index contributed by atoms with van der Waals surface area (Å²) >= 11 is 12.3. The summed E-state index contributed by atoms with van der Waals surface area (Å²) < 4.78 is 13.6. The molecule has 152 valence electrons. The van der Waals surface area contributed by atoms with Gasteiger partial charge in [-0.2, -0.15) is 0 Å². The number of carbonyl (C=O) groups is 2. The van der Waals surface area contributed by atoms with Crippen LogP contribution in [0.4, 0.5) is 10.1 Å². The van der Waals surface area contributed by atoms with E-state index in [0.717, 1.165) is 11.1 Å². The minimum Gasteiger partial charge on any atom is -0.324 e. The summed E-state index contributed by atoms with van der Waals surface area (Å²) in [5, 5.41) is 3.46. The number of nitrogens with one attached hydrogen (secondary N) is 1. The van der Waals surface area contributed by atoms with Crippen LogP contribution >= 0.6 is 23.2 Å². The lowest BCUT2D eigenvalue weighted by Crippen LogP contribution is -2.39. The molecule has 0 saturated heterocycles. The Morgan fingerprint density at radius 3 is 2.50 bits per heavy atom. The van der Waals surface area contributed by atoms with Crippen molar-refractivity contribution in [2.75, 3.05) is 11.9 Å². The first kappa shape index (κ1) is 20.4. The fourth-order valence-corrected chi connectivity index (χ4v) is 4.13. The smallest absolute Gasteiger partial charge is 0.256 e. The first-order chi connectivity index (χ1) is 14.3. The number of benzene rings is 3. The highest BCUT2D eigenvalue weighted by atomic mass is 35.5. The number of nitrogens with zero attached hydrogens (tertiary/aromatic N) is 1. The van der Waals surface area contributed by atoms with Gasteiger partial charge in [-0.05, 0) is 48.9 Å². The molecule has 3 aromatic carbocycles. The van der Waals surface area contributed by atoms with Crippen LogP contribution in [0.2, 0.25) is 10.0 Å². The highest BCUT2D eigenvalue weighted by molar-refractivity contribution is 6.36.